The molecule has 0 bridgehead atoms. The van der Waals surface area contributed by atoms with Crippen molar-refractivity contribution in [1.82, 2.24) is 0 Å². The minimum absolute atomic E-state index is 0.141. The lowest BCUT2D eigenvalue weighted by atomic mass is 10.0. The van der Waals surface area contributed by atoms with E-state index < -0.39 is 20.1 Å². The van der Waals surface area contributed by atoms with Crippen LogP contribution in [0.1, 0.15) is 30.6 Å². The third-order valence-electron chi connectivity index (χ3n) is 2.90. The fourth-order valence-electron chi connectivity index (χ4n) is 1.66. The van der Waals surface area contributed by atoms with E-state index >= 15 is 0 Å². The largest absolute Gasteiger partial charge is 0.385 e. The molecule has 0 amide bonds. The topological polar surface area (TPSA) is 54.4 Å². The van der Waals surface area contributed by atoms with E-state index in [1.165, 1.54) is 0 Å². The molecule has 0 saturated heterocycles. The zero-order valence-corrected chi connectivity index (χ0v) is 11.7. The number of aliphatic hydroxyl groups is 1. The first-order valence-corrected chi connectivity index (χ1v) is 7.62. The lowest BCUT2D eigenvalue weighted by molar-refractivity contribution is 0.155. The minimum Gasteiger partial charge on any atom is -0.385 e. The maximum Gasteiger partial charge on any atom is 0.174 e. The quantitative estimate of drug-likeness (QED) is 0.860. The van der Waals surface area contributed by atoms with Crippen molar-refractivity contribution in [2.45, 2.75) is 30.6 Å². The van der Waals surface area contributed by atoms with E-state index in [1.807, 2.05) is 19.1 Å². The van der Waals surface area contributed by atoms with Crippen LogP contribution in [0.4, 0.5) is 0 Å². The summed E-state index contributed by atoms with van der Waals surface area (Å²) < 4.78 is 21.7. The van der Waals surface area contributed by atoms with Gasteiger partial charge in [0.2, 0.25) is 0 Å². The zero-order valence-electron chi connectivity index (χ0n) is 10.1. The summed E-state index contributed by atoms with van der Waals surface area (Å²) in [6.45, 7) is 3.56. The van der Waals surface area contributed by atoms with Crippen LogP contribution in [-0.4, -0.2) is 24.0 Å². The van der Waals surface area contributed by atoms with Crippen LogP contribution in [-0.2, 0) is 9.84 Å². The lowest BCUT2D eigenvalue weighted by Gasteiger charge is -2.29. The molecule has 1 aromatic carbocycles. The van der Waals surface area contributed by atoms with Crippen LogP contribution in [0.2, 0.25) is 0 Å². The Morgan fingerprint density at radius 1 is 1.35 bits per heavy atom. The molecule has 1 aromatic rings. The Labute approximate surface area is 107 Å². The molecule has 1 rings (SSSR count). The van der Waals surface area contributed by atoms with Crippen molar-refractivity contribution in [3.63, 3.8) is 0 Å². The molecule has 1 N–H and O–H groups in total. The number of hydrogen-bond acceptors (Lipinski definition) is 3. The summed E-state index contributed by atoms with van der Waals surface area (Å²) in [7, 11) is -3.56. The molecule has 0 aliphatic heterocycles. The summed E-state index contributed by atoms with van der Waals surface area (Å²) in [6, 6.07) is 7.01. The second-order valence-electron chi connectivity index (χ2n) is 4.23. The normalized spacial score (nSPS) is 17.5. The predicted molar refractivity (Wildman–Crippen MR) is 69.9 cm³/mol. The molecule has 0 fully saturated rings. The number of alkyl halides is 1. The molecule has 0 unspecified atom stereocenters. The summed E-state index contributed by atoms with van der Waals surface area (Å²) in [6.07, 6.45) is -0.0478. The molecule has 17 heavy (non-hydrogen) atoms. The van der Waals surface area contributed by atoms with Gasteiger partial charge in [0.25, 0.3) is 0 Å². The first-order chi connectivity index (χ1) is 7.72. The maximum absolute atomic E-state index is 11.7. The highest BCUT2D eigenvalue weighted by Gasteiger charge is 2.44. The second kappa shape index (κ2) is 4.96. The summed E-state index contributed by atoms with van der Waals surface area (Å²) in [5.74, 6) is 0. The van der Waals surface area contributed by atoms with E-state index in [0.717, 1.165) is 11.8 Å². The van der Waals surface area contributed by atoms with E-state index in [0.29, 0.717) is 5.56 Å². The van der Waals surface area contributed by atoms with Crippen molar-refractivity contribution in [2.24, 2.45) is 0 Å². The highest BCUT2D eigenvalue weighted by molar-refractivity contribution is 7.93. The fourth-order valence-corrected chi connectivity index (χ4v) is 2.85. The Bertz CT molecular complexity index is 481. The van der Waals surface area contributed by atoms with Crippen LogP contribution in [0.25, 0.3) is 0 Å². The number of aryl methyl sites for hydroxylation is 1. The molecule has 2 atom stereocenters. The number of hydrogen-bond donors (Lipinski definition) is 1. The van der Waals surface area contributed by atoms with Crippen molar-refractivity contribution in [1.29, 1.82) is 0 Å². The van der Waals surface area contributed by atoms with Crippen LogP contribution in [0.5, 0.6) is 0 Å². The minimum atomic E-state index is -3.56. The molecule has 0 saturated carbocycles. The number of aliphatic hydroxyl groups excluding tert-OH is 1. The van der Waals surface area contributed by atoms with Gasteiger partial charge in [-0.15, -0.1) is 0 Å². The van der Waals surface area contributed by atoms with Gasteiger partial charge in [-0.3, -0.25) is 0 Å². The van der Waals surface area contributed by atoms with E-state index in [2.05, 4.69) is 0 Å². The molecule has 0 spiro atoms. The van der Waals surface area contributed by atoms with Gasteiger partial charge in [-0.05, 0) is 18.9 Å². The second-order valence-corrected chi connectivity index (χ2v) is 7.40. The van der Waals surface area contributed by atoms with Gasteiger partial charge in [-0.1, -0.05) is 48.4 Å². The van der Waals surface area contributed by atoms with Gasteiger partial charge in [0.05, 0.1) is 0 Å². The first kappa shape index (κ1) is 14.5. The van der Waals surface area contributed by atoms with Crippen LogP contribution >= 0.6 is 11.6 Å². The van der Waals surface area contributed by atoms with E-state index in [4.69, 9.17) is 11.6 Å². The van der Waals surface area contributed by atoms with Crippen molar-refractivity contribution in [3.8, 4) is 0 Å². The number of benzene rings is 1. The highest BCUT2D eigenvalue weighted by atomic mass is 35.5. The third kappa shape index (κ3) is 2.81. The average molecular weight is 277 g/mol. The van der Waals surface area contributed by atoms with Crippen LogP contribution in [0, 0.1) is 6.92 Å². The molecule has 0 aliphatic carbocycles. The van der Waals surface area contributed by atoms with Crippen molar-refractivity contribution < 1.29 is 13.5 Å². The maximum atomic E-state index is 11.7. The highest BCUT2D eigenvalue weighted by Crippen LogP contribution is 2.39. The molecule has 0 aliphatic rings. The molecule has 3 nitrogen and oxygen atoms in total. The smallest absolute Gasteiger partial charge is 0.174 e. The standard InChI is InChI=1S/C12H17ClO3S/c1-4-12(13,17(3,15)16)11(14)10-7-5-9(2)6-8-10/h5-8,11,14H,4H2,1-3H3/t11-,12-/m1/s1. The van der Waals surface area contributed by atoms with Crippen LogP contribution in [0.15, 0.2) is 24.3 Å². The number of sulfone groups is 1. The predicted octanol–water partition coefficient (Wildman–Crippen LogP) is 2.42. The van der Waals surface area contributed by atoms with Gasteiger partial charge < -0.3 is 5.11 Å². The molecule has 0 radical (unpaired) electrons. The Kier molecular flexibility index (Phi) is 4.23. The Balaban J connectivity index is 3.19. The molecular weight excluding hydrogens is 260 g/mol. The van der Waals surface area contributed by atoms with E-state index in [1.54, 1.807) is 19.1 Å². The molecular formula is C12H17ClO3S. The molecule has 96 valence electrons. The lowest BCUT2D eigenvalue weighted by Crippen LogP contribution is -2.37. The summed E-state index contributed by atoms with van der Waals surface area (Å²) >= 11 is 6.09. The van der Waals surface area contributed by atoms with Gasteiger partial charge in [0, 0.05) is 6.26 Å². The van der Waals surface area contributed by atoms with Gasteiger partial charge in [-0.25, -0.2) is 8.42 Å². The fraction of sp³-hybridized carbons (Fsp3) is 0.500. The Hall–Kier alpha value is -0.580. The van der Waals surface area contributed by atoms with Crippen LogP contribution in [0.3, 0.4) is 0 Å². The summed E-state index contributed by atoms with van der Waals surface area (Å²) in [4.78, 5) is 0. The van der Waals surface area contributed by atoms with Crippen molar-refractivity contribution >= 4 is 21.4 Å². The SMILES string of the molecule is CC[C@](Cl)([C@H](O)c1ccc(C)cc1)S(C)(=O)=O. The van der Waals surface area contributed by atoms with Crippen molar-refractivity contribution in [2.75, 3.05) is 6.26 Å². The van der Waals surface area contributed by atoms with E-state index in [-0.39, 0.29) is 6.42 Å². The summed E-state index contributed by atoms with van der Waals surface area (Å²) in [5.41, 5.74) is 1.55. The van der Waals surface area contributed by atoms with Gasteiger partial charge in [0.1, 0.15) is 6.10 Å². The van der Waals surface area contributed by atoms with Gasteiger partial charge in [0.15, 0.2) is 14.0 Å². The summed E-state index contributed by atoms with van der Waals surface area (Å²) in [5, 5.41) is 10.2. The Morgan fingerprint density at radius 3 is 2.18 bits per heavy atom. The Morgan fingerprint density at radius 2 is 1.82 bits per heavy atom. The average Bonchev–Trinajstić information content (AvgIpc) is 2.26. The van der Waals surface area contributed by atoms with Crippen LogP contribution < -0.4 is 0 Å². The third-order valence-corrected chi connectivity index (χ3v) is 5.96. The number of halogens is 1. The monoisotopic (exact) mass is 276 g/mol. The van der Waals surface area contributed by atoms with Crippen molar-refractivity contribution in [3.05, 3.63) is 35.4 Å². The van der Waals surface area contributed by atoms with Gasteiger partial charge >= 0.3 is 0 Å². The first-order valence-electron chi connectivity index (χ1n) is 5.35. The number of rotatable bonds is 4. The van der Waals surface area contributed by atoms with E-state index in [9.17, 15) is 13.5 Å². The molecule has 0 heterocycles. The zero-order chi connectivity index (χ0) is 13.3. The molecule has 5 heteroatoms. The van der Waals surface area contributed by atoms with Gasteiger partial charge in [-0.2, -0.15) is 0 Å². The molecule has 0 aromatic heterocycles.